The molecule has 0 aromatic carbocycles. The predicted octanol–water partition coefficient (Wildman–Crippen LogP) is 0.0596. The van der Waals surface area contributed by atoms with E-state index < -0.39 is 10.0 Å². The van der Waals surface area contributed by atoms with E-state index in [1.54, 1.807) is 6.07 Å². The van der Waals surface area contributed by atoms with Gasteiger partial charge in [0.2, 0.25) is 10.0 Å². The molecule has 2 N–H and O–H groups in total. The molecule has 1 heterocycles. The zero-order chi connectivity index (χ0) is 10.1. The van der Waals surface area contributed by atoms with E-state index >= 15 is 0 Å². The van der Waals surface area contributed by atoms with Crippen molar-refractivity contribution in [1.29, 1.82) is 0 Å². The number of aromatic nitrogens is 1. The number of hydrogen-bond donors (Lipinski definition) is 1. The van der Waals surface area contributed by atoms with Gasteiger partial charge in [-0.3, -0.25) is 9.29 Å². The summed E-state index contributed by atoms with van der Waals surface area (Å²) in [5, 5.41) is 0. The summed E-state index contributed by atoms with van der Waals surface area (Å²) in [6.07, 6.45) is 4.03. The van der Waals surface area contributed by atoms with E-state index in [2.05, 4.69) is 4.98 Å². The highest BCUT2D eigenvalue weighted by atomic mass is 32.2. The van der Waals surface area contributed by atoms with Crippen LogP contribution in [-0.2, 0) is 10.0 Å². The van der Waals surface area contributed by atoms with Crippen molar-refractivity contribution >= 4 is 21.4 Å². The number of hydrogen-bond acceptors (Lipinski definition) is 4. The molecule has 0 bridgehead atoms. The minimum Gasteiger partial charge on any atom is -0.396 e. The maximum atomic E-state index is 11.1. The third-order valence-corrected chi connectivity index (χ3v) is 2.86. The Labute approximate surface area is 77.2 Å². The molecular weight excluding hydrogens is 190 g/mol. The van der Waals surface area contributed by atoms with Crippen LogP contribution in [0.15, 0.2) is 18.5 Å². The molecule has 0 saturated carbocycles. The first kappa shape index (κ1) is 9.79. The zero-order valence-electron chi connectivity index (χ0n) is 7.43. The van der Waals surface area contributed by atoms with Gasteiger partial charge in [0.25, 0.3) is 0 Å². The van der Waals surface area contributed by atoms with Crippen LogP contribution in [0, 0.1) is 0 Å². The maximum Gasteiger partial charge on any atom is 0.232 e. The lowest BCUT2D eigenvalue weighted by Crippen LogP contribution is -2.25. The van der Waals surface area contributed by atoms with Crippen molar-refractivity contribution in [3.63, 3.8) is 0 Å². The van der Waals surface area contributed by atoms with E-state index in [9.17, 15) is 8.42 Å². The second-order valence-electron chi connectivity index (χ2n) is 2.66. The molecule has 0 aliphatic rings. The van der Waals surface area contributed by atoms with Crippen LogP contribution in [0.5, 0.6) is 0 Å². The van der Waals surface area contributed by atoms with Gasteiger partial charge in [-0.15, -0.1) is 0 Å². The molecule has 0 fully saturated rings. The van der Waals surface area contributed by atoms with Crippen LogP contribution in [0.4, 0.5) is 11.4 Å². The Morgan fingerprint density at radius 3 is 2.62 bits per heavy atom. The van der Waals surface area contributed by atoms with Crippen LogP contribution in [0.1, 0.15) is 0 Å². The molecule has 13 heavy (non-hydrogen) atoms. The van der Waals surface area contributed by atoms with Crippen molar-refractivity contribution < 1.29 is 8.42 Å². The van der Waals surface area contributed by atoms with Crippen molar-refractivity contribution in [3.8, 4) is 0 Å². The zero-order valence-corrected chi connectivity index (χ0v) is 8.25. The van der Waals surface area contributed by atoms with Gasteiger partial charge in [0.1, 0.15) is 0 Å². The summed E-state index contributed by atoms with van der Waals surface area (Å²) in [5.41, 5.74) is 6.33. The summed E-state index contributed by atoms with van der Waals surface area (Å²) >= 11 is 0. The average molecular weight is 201 g/mol. The summed E-state index contributed by atoms with van der Waals surface area (Å²) in [5.74, 6) is 0. The molecule has 0 amide bonds. The monoisotopic (exact) mass is 201 g/mol. The van der Waals surface area contributed by atoms with Crippen molar-refractivity contribution in [2.75, 3.05) is 23.3 Å². The van der Waals surface area contributed by atoms with Crippen molar-refractivity contribution in [3.05, 3.63) is 18.5 Å². The quantitative estimate of drug-likeness (QED) is 0.734. The number of nitrogens with two attached hydrogens (primary N) is 1. The number of pyridine rings is 1. The van der Waals surface area contributed by atoms with E-state index in [0.717, 1.165) is 10.6 Å². The summed E-state index contributed by atoms with van der Waals surface area (Å²) in [6, 6.07) is 1.55. The third-order valence-electron chi connectivity index (χ3n) is 1.66. The van der Waals surface area contributed by atoms with Gasteiger partial charge in [-0.05, 0) is 6.07 Å². The minimum absolute atomic E-state index is 0.343. The second kappa shape index (κ2) is 3.21. The Hall–Kier alpha value is -1.30. The Bertz CT molecular complexity index is 402. The van der Waals surface area contributed by atoms with Gasteiger partial charge < -0.3 is 5.73 Å². The molecule has 0 saturated heterocycles. The number of anilines is 2. The van der Waals surface area contributed by atoms with E-state index in [0.29, 0.717) is 11.4 Å². The van der Waals surface area contributed by atoms with Gasteiger partial charge >= 0.3 is 0 Å². The Kier molecular flexibility index (Phi) is 2.42. The highest BCUT2D eigenvalue weighted by Crippen LogP contribution is 2.21. The van der Waals surface area contributed by atoms with E-state index in [1.165, 1.54) is 19.4 Å². The largest absolute Gasteiger partial charge is 0.396 e. The summed E-state index contributed by atoms with van der Waals surface area (Å²) in [7, 11) is -1.81. The molecule has 1 aromatic heterocycles. The molecule has 1 aromatic rings. The summed E-state index contributed by atoms with van der Waals surface area (Å²) < 4.78 is 23.4. The Balaban J connectivity index is 3.17. The Morgan fingerprint density at radius 2 is 2.15 bits per heavy atom. The van der Waals surface area contributed by atoms with Crippen molar-refractivity contribution in [2.24, 2.45) is 0 Å². The first-order valence-corrected chi connectivity index (χ1v) is 5.41. The van der Waals surface area contributed by atoms with Gasteiger partial charge in [-0.1, -0.05) is 0 Å². The average Bonchev–Trinajstić information content (AvgIpc) is 2.02. The third kappa shape index (κ3) is 2.09. The molecule has 0 aliphatic carbocycles. The topological polar surface area (TPSA) is 76.3 Å². The predicted molar refractivity (Wildman–Crippen MR) is 51.9 cm³/mol. The normalized spacial score (nSPS) is 11.2. The molecular formula is C7H11N3O2S. The minimum atomic E-state index is -3.25. The van der Waals surface area contributed by atoms with Crippen LogP contribution in [0.2, 0.25) is 0 Å². The Morgan fingerprint density at radius 1 is 1.54 bits per heavy atom. The van der Waals surface area contributed by atoms with Gasteiger partial charge in [-0.25, -0.2) is 8.42 Å². The first-order chi connectivity index (χ1) is 5.93. The highest BCUT2D eigenvalue weighted by Gasteiger charge is 2.13. The van der Waals surface area contributed by atoms with Crippen LogP contribution < -0.4 is 10.0 Å². The molecule has 72 valence electrons. The molecule has 0 radical (unpaired) electrons. The number of nitrogen functional groups attached to an aromatic ring is 1. The number of nitrogens with zero attached hydrogens (tertiary/aromatic N) is 2. The molecule has 5 nitrogen and oxygen atoms in total. The van der Waals surface area contributed by atoms with E-state index in [1.807, 2.05) is 0 Å². The summed E-state index contributed by atoms with van der Waals surface area (Å²) in [6.45, 7) is 0. The van der Waals surface area contributed by atoms with Crippen LogP contribution in [0.25, 0.3) is 0 Å². The molecule has 0 aliphatic heterocycles. The van der Waals surface area contributed by atoms with E-state index in [-0.39, 0.29) is 0 Å². The second-order valence-corrected chi connectivity index (χ2v) is 4.68. The van der Waals surface area contributed by atoms with Crippen molar-refractivity contribution in [1.82, 2.24) is 4.98 Å². The number of sulfonamides is 1. The fourth-order valence-electron chi connectivity index (χ4n) is 0.865. The van der Waals surface area contributed by atoms with Crippen LogP contribution >= 0.6 is 0 Å². The van der Waals surface area contributed by atoms with Crippen molar-refractivity contribution in [2.45, 2.75) is 0 Å². The standard InChI is InChI=1S/C7H11N3O2S/c1-10(13(2,11)12)7-3-4-9-5-6(7)8/h3-5H,8H2,1-2H3. The lowest BCUT2D eigenvalue weighted by molar-refractivity contribution is 0.600. The van der Waals surface area contributed by atoms with Gasteiger partial charge in [0.05, 0.1) is 23.8 Å². The fourth-order valence-corrected chi connectivity index (χ4v) is 1.39. The smallest absolute Gasteiger partial charge is 0.232 e. The van der Waals surface area contributed by atoms with Gasteiger partial charge in [0, 0.05) is 13.2 Å². The highest BCUT2D eigenvalue weighted by molar-refractivity contribution is 7.92. The van der Waals surface area contributed by atoms with E-state index in [4.69, 9.17) is 5.73 Å². The fraction of sp³-hybridized carbons (Fsp3) is 0.286. The van der Waals surface area contributed by atoms with Crippen LogP contribution in [0.3, 0.4) is 0 Å². The molecule has 6 heteroatoms. The maximum absolute atomic E-state index is 11.1. The lowest BCUT2D eigenvalue weighted by Gasteiger charge is -2.17. The van der Waals surface area contributed by atoms with Gasteiger partial charge in [0.15, 0.2) is 0 Å². The van der Waals surface area contributed by atoms with Gasteiger partial charge in [-0.2, -0.15) is 0 Å². The first-order valence-electron chi connectivity index (χ1n) is 3.56. The SMILES string of the molecule is CN(c1ccncc1N)S(C)(=O)=O. The molecule has 0 atom stereocenters. The molecule has 0 unspecified atom stereocenters. The molecule has 0 spiro atoms. The number of rotatable bonds is 2. The van der Waals surface area contributed by atoms with Crippen LogP contribution in [-0.4, -0.2) is 26.7 Å². The summed E-state index contributed by atoms with van der Waals surface area (Å²) in [4.78, 5) is 3.76. The lowest BCUT2D eigenvalue weighted by atomic mass is 10.3. The molecule has 1 rings (SSSR count).